The summed E-state index contributed by atoms with van der Waals surface area (Å²) in [6.07, 6.45) is 1.62. The molecule has 2 rings (SSSR count). The number of hydrogen-bond acceptors (Lipinski definition) is 6. The van der Waals surface area contributed by atoms with Crippen LogP contribution >= 0.6 is 11.3 Å². The fraction of sp³-hybridized carbons (Fsp3) is 0.154. The predicted molar refractivity (Wildman–Crippen MR) is 80.1 cm³/mol. The third-order valence-electron chi connectivity index (χ3n) is 2.26. The summed E-state index contributed by atoms with van der Waals surface area (Å²) in [6.45, 7) is 1.38. The number of hydrogen-bond donors (Lipinski definition) is 2. The van der Waals surface area contributed by atoms with Gasteiger partial charge in [0.05, 0.1) is 12.6 Å². The lowest BCUT2D eigenvalue weighted by Crippen LogP contribution is -2.19. The first-order valence-electron chi connectivity index (χ1n) is 6.10. The maximum atomic E-state index is 11.7. The van der Waals surface area contributed by atoms with Crippen molar-refractivity contribution in [3.05, 3.63) is 40.9 Å². The van der Waals surface area contributed by atoms with Gasteiger partial charge in [-0.2, -0.15) is 5.10 Å². The van der Waals surface area contributed by atoms with Gasteiger partial charge in [-0.25, -0.2) is 5.43 Å². The Balaban J connectivity index is 1.83. The van der Waals surface area contributed by atoms with Gasteiger partial charge in [0.2, 0.25) is 16.9 Å². The summed E-state index contributed by atoms with van der Waals surface area (Å²) >= 11 is 1.15. The van der Waals surface area contributed by atoms with Gasteiger partial charge in [-0.1, -0.05) is 41.7 Å². The highest BCUT2D eigenvalue weighted by Crippen LogP contribution is 2.15. The first-order valence-corrected chi connectivity index (χ1v) is 6.92. The average molecular weight is 303 g/mol. The van der Waals surface area contributed by atoms with Crippen LogP contribution in [0.3, 0.4) is 0 Å². The van der Waals surface area contributed by atoms with Crippen molar-refractivity contribution in [1.82, 2.24) is 15.6 Å². The molecule has 0 saturated carbocycles. The number of carbonyl (C=O) groups is 2. The molecule has 8 heteroatoms. The van der Waals surface area contributed by atoms with Crippen molar-refractivity contribution in [2.45, 2.75) is 13.3 Å². The second-order valence-corrected chi connectivity index (χ2v) is 5.12. The van der Waals surface area contributed by atoms with Gasteiger partial charge in [-0.15, -0.1) is 10.2 Å². The van der Waals surface area contributed by atoms with E-state index in [-0.39, 0.29) is 18.2 Å². The number of rotatable bonds is 5. The van der Waals surface area contributed by atoms with Gasteiger partial charge in [0.25, 0.3) is 0 Å². The number of hydrazone groups is 1. The molecule has 2 amide bonds. The Morgan fingerprint density at radius 3 is 2.76 bits per heavy atom. The molecule has 1 aromatic heterocycles. The Morgan fingerprint density at radius 2 is 2.05 bits per heavy atom. The molecule has 1 aromatic carbocycles. The summed E-state index contributed by atoms with van der Waals surface area (Å²) in [4.78, 5) is 22.5. The average Bonchev–Trinajstić information content (AvgIpc) is 2.86. The molecule has 21 heavy (non-hydrogen) atoms. The van der Waals surface area contributed by atoms with Crippen molar-refractivity contribution in [3.8, 4) is 0 Å². The highest BCUT2D eigenvalue weighted by molar-refractivity contribution is 7.15. The molecule has 0 aliphatic carbocycles. The predicted octanol–water partition coefficient (Wildman–Crippen LogP) is 1.19. The molecule has 0 saturated heterocycles. The van der Waals surface area contributed by atoms with E-state index in [1.165, 1.54) is 6.92 Å². The van der Waals surface area contributed by atoms with Crippen molar-refractivity contribution in [1.29, 1.82) is 0 Å². The van der Waals surface area contributed by atoms with Gasteiger partial charge in [-0.05, 0) is 5.56 Å². The standard InChI is InChI=1S/C13H13N5O2S/c1-9(19)15-13-18-17-12(21-13)7-11(20)16-14-8-10-5-3-2-4-6-10/h2-6,8H,7H2,1H3,(H,16,20)(H,15,18,19)/b14-8+. The third kappa shape index (κ3) is 5.11. The third-order valence-corrected chi connectivity index (χ3v) is 3.10. The summed E-state index contributed by atoms with van der Waals surface area (Å²) in [5.74, 6) is -0.526. The molecule has 108 valence electrons. The highest BCUT2D eigenvalue weighted by atomic mass is 32.1. The summed E-state index contributed by atoms with van der Waals surface area (Å²) in [7, 11) is 0. The Hall–Kier alpha value is -2.61. The number of aromatic nitrogens is 2. The second-order valence-electron chi connectivity index (χ2n) is 4.06. The molecule has 0 aliphatic rings. The summed E-state index contributed by atoms with van der Waals surface area (Å²) in [5.41, 5.74) is 3.30. The van der Waals surface area contributed by atoms with E-state index in [2.05, 4.69) is 26.0 Å². The first kappa shape index (κ1) is 14.8. The van der Waals surface area contributed by atoms with Crippen molar-refractivity contribution in [2.75, 3.05) is 5.32 Å². The first-order chi connectivity index (χ1) is 10.1. The second kappa shape index (κ2) is 7.25. The van der Waals surface area contributed by atoms with Crippen LogP contribution in [0.5, 0.6) is 0 Å². The van der Waals surface area contributed by atoms with Crippen molar-refractivity contribution < 1.29 is 9.59 Å². The van der Waals surface area contributed by atoms with Crippen molar-refractivity contribution >= 4 is 34.5 Å². The molecule has 0 bridgehead atoms. The van der Waals surface area contributed by atoms with Gasteiger partial charge in [-0.3, -0.25) is 9.59 Å². The molecule has 0 atom stereocenters. The minimum atomic E-state index is -0.298. The summed E-state index contributed by atoms with van der Waals surface area (Å²) < 4.78 is 0. The lowest BCUT2D eigenvalue weighted by molar-refractivity contribution is -0.120. The van der Waals surface area contributed by atoms with E-state index in [0.717, 1.165) is 16.9 Å². The van der Waals surface area contributed by atoms with E-state index in [9.17, 15) is 9.59 Å². The Kier molecular flexibility index (Phi) is 5.10. The van der Waals surface area contributed by atoms with Crippen molar-refractivity contribution in [2.24, 2.45) is 5.10 Å². The smallest absolute Gasteiger partial charge is 0.247 e. The van der Waals surface area contributed by atoms with Crippen molar-refractivity contribution in [3.63, 3.8) is 0 Å². The van der Waals surface area contributed by atoms with E-state index in [1.54, 1.807) is 6.21 Å². The highest BCUT2D eigenvalue weighted by Gasteiger charge is 2.09. The normalized spacial score (nSPS) is 10.5. The minimum absolute atomic E-state index is 0.0589. The molecular weight excluding hydrogens is 290 g/mol. The van der Waals surface area contributed by atoms with Gasteiger partial charge < -0.3 is 5.32 Å². The van der Waals surface area contributed by atoms with Crippen LogP contribution in [0, 0.1) is 0 Å². The number of nitrogens with one attached hydrogen (secondary N) is 2. The largest absolute Gasteiger partial charge is 0.301 e. The van der Waals surface area contributed by atoms with Crippen LogP contribution in [0.25, 0.3) is 0 Å². The van der Waals surface area contributed by atoms with E-state index in [0.29, 0.717) is 10.1 Å². The summed E-state index contributed by atoms with van der Waals surface area (Å²) in [5, 5.41) is 14.8. The molecule has 7 nitrogen and oxygen atoms in total. The van der Waals surface area contributed by atoms with Crippen LogP contribution in [-0.4, -0.2) is 28.2 Å². The Bertz CT molecular complexity index is 654. The summed E-state index contributed by atoms with van der Waals surface area (Å²) in [6, 6.07) is 9.42. The van der Waals surface area contributed by atoms with Crippen LogP contribution < -0.4 is 10.7 Å². The maximum absolute atomic E-state index is 11.7. The zero-order valence-corrected chi connectivity index (χ0v) is 12.1. The molecule has 2 aromatic rings. The molecule has 2 N–H and O–H groups in total. The SMILES string of the molecule is CC(=O)Nc1nnc(CC(=O)N/N=C/c2ccccc2)s1. The lowest BCUT2D eigenvalue weighted by atomic mass is 10.2. The molecule has 0 fully saturated rings. The topological polar surface area (TPSA) is 96.3 Å². The number of carbonyl (C=O) groups excluding carboxylic acids is 2. The Morgan fingerprint density at radius 1 is 1.29 bits per heavy atom. The maximum Gasteiger partial charge on any atom is 0.247 e. The van der Waals surface area contributed by atoms with Crippen LogP contribution in [0.2, 0.25) is 0 Å². The molecule has 0 aliphatic heterocycles. The van der Waals surface area contributed by atoms with Gasteiger partial charge in [0.15, 0.2) is 0 Å². The van der Waals surface area contributed by atoms with E-state index >= 15 is 0 Å². The van der Waals surface area contributed by atoms with Gasteiger partial charge in [0.1, 0.15) is 5.01 Å². The number of benzene rings is 1. The minimum Gasteiger partial charge on any atom is -0.301 e. The number of nitrogens with zero attached hydrogens (tertiary/aromatic N) is 3. The monoisotopic (exact) mass is 303 g/mol. The number of amides is 2. The molecule has 0 radical (unpaired) electrons. The van der Waals surface area contributed by atoms with E-state index in [4.69, 9.17) is 0 Å². The quantitative estimate of drug-likeness (QED) is 0.640. The van der Waals surface area contributed by atoms with Crippen LogP contribution in [-0.2, 0) is 16.0 Å². The van der Waals surface area contributed by atoms with Crippen LogP contribution in [0.4, 0.5) is 5.13 Å². The van der Waals surface area contributed by atoms with Crippen LogP contribution in [0.1, 0.15) is 17.5 Å². The number of anilines is 1. The fourth-order valence-corrected chi connectivity index (χ4v) is 2.21. The van der Waals surface area contributed by atoms with E-state index in [1.807, 2.05) is 30.3 Å². The fourth-order valence-electron chi connectivity index (χ4n) is 1.42. The van der Waals surface area contributed by atoms with Crippen LogP contribution in [0.15, 0.2) is 35.4 Å². The zero-order chi connectivity index (χ0) is 15.1. The van der Waals surface area contributed by atoms with E-state index < -0.39 is 0 Å². The van der Waals surface area contributed by atoms with Gasteiger partial charge in [0, 0.05) is 6.92 Å². The Labute approximate surface area is 125 Å². The molecular formula is C13H13N5O2S. The molecule has 0 unspecified atom stereocenters. The molecule has 0 spiro atoms. The van der Waals surface area contributed by atoms with Gasteiger partial charge >= 0.3 is 0 Å². The molecule has 1 heterocycles. The zero-order valence-electron chi connectivity index (χ0n) is 11.2. The lowest BCUT2D eigenvalue weighted by Gasteiger charge is -1.96.